The lowest BCUT2D eigenvalue weighted by Crippen LogP contribution is -2.60. The summed E-state index contributed by atoms with van der Waals surface area (Å²) in [4.78, 5) is 76.1. The first kappa shape index (κ1) is 41.8. The summed E-state index contributed by atoms with van der Waals surface area (Å²) in [5, 5.41) is 19.0. The molecule has 2 rings (SSSR count). The van der Waals surface area contributed by atoms with Crippen LogP contribution < -0.4 is 21.4 Å². The van der Waals surface area contributed by atoms with Gasteiger partial charge in [-0.05, 0) is 42.6 Å². The van der Waals surface area contributed by atoms with E-state index in [0.29, 0.717) is 6.54 Å². The van der Waals surface area contributed by atoms with Gasteiger partial charge in [0.2, 0.25) is 5.91 Å². The maximum Gasteiger partial charge on any atom is 0.407 e. The number of methoxy groups -OCH3 is 2. The quantitative estimate of drug-likeness (QED) is 0.0804. The fourth-order valence-corrected chi connectivity index (χ4v) is 5.83. The molecule has 4 amide bonds. The molecule has 1 saturated carbocycles. The molecule has 0 heterocycles. The summed E-state index contributed by atoms with van der Waals surface area (Å²) in [7, 11) is 2.39. The highest BCUT2D eigenvalue weighted by atomic mass is 16.5. The number of benzene rings is 1. The van der Waals surface area contributed by atoms with E-state index in [1.807, 2.05) is 30.3 Å². The summed E-state index contributed by atoms with van der Waals surface area (Å²) in [5.41, 5.74) is 3.73. The number of carboxylic acid groups (broad SMARTS) is 1. The van der Waals surface area contributed by atoms with E-state index in [-0.39, 0.29) is 30.7 Å². The van der Waals surface area contributed by atoms with Gasteiger partial charge in [0, 0.05) is 6.54 Å². The Morgan fingerprint density at radius 2 is 1.36 bits per heavy atom. The van der Waals surface area contributed by atoms with Crippen molar-refractivity contribution in [2.45, 2.75) is 103 Å². The summed E-state index contributed by atoms with van der Waals surface area (Å²) < 4.78 is 15.4. The van der Waals surface area contributed by atoms with Gasteiger partial charge in [0.1, 0.15) is 18.2 Å². The third kappa shape index (κ3) is 15.0. The van der Waals surface area contributed by atoms with E-state index >= 15 is 0 Å². The van der Waals surface area contributed by atoms with Crippen LogP contribution in [0.3, 0.4) is 0 Å². The van der Waals surface area contributed by atoms with E-state index < -0.39 is 73.0 Å². The van der Waals surface area contributed by atoms with Gasteiger partial charge >= 0.3 is 24.1 Å². The van der Waals surface area contributed by atoms with Crippen molar-refractivity contribution in [1.82, 2.24) is 26.4 Å². The molecule has 1 fully saturated rings. The van der Waals surface area contributed by atoms with Crippen LogP contribution >= 0.6 is 0 Å². The number of carbonyl (C=O) groups excluding carboxylic acids is 5. The number of ether oxygens (including phenoxy) is 3. The van der Waals surface area contributed by atoms with Crippen LogP contribution in [-0.2, 0) is 39.8 Å². The molecule has 15 heteroatoms. The molecular weight excluding hydrogens is 650 g/mol. The molecule has 1 aliphatic carbocycles. The summed E-state index contributed by atoms with van der Waals surface area (Å²) in [6.07, 6.45) is 1.65. The van der Waals surface area contributed by atoms with E-state index in [2.05, 4.69) is 21.4 Å². The van der Waals surface area contributed by atoms with Crippen molar-refractivity contribution in [3.63, 3.8) is 0 Å². The number of nitrogens with one attached hydrogen (secondary N) is 4. The first-order valence-corrected chi connectivity index (χ1v) is 17.2. The Kier molecular flexibility index (Phi) is 18.1. The molecule has 15 nitrogen and oxygen atoms in total. The van der Waals surface area contributed by atoms with Gasteiger partial charge in [0.05, 0.1) is 39.6 Å². The minimum Gasteiger partial charge on any atom is -0.481 e. The van der Waals surface area contributed by atoms with Crippen molar-refractivity contribution in [2.75, 3.05) is 27.3 Å². The van der Waals surface area contributed by atoms with Crippen LogP contribution in [0.1, 0.15) is 78.2 Å². The number of carbonyl (C=O) groups is 6. The molecule has 0 radical (unpaired) electrons. The number of hydrogen-bond donors (Lipinski definition) is 5. The summed E-state index contributed by atoms with van der Waals surface area (Å²) in [6, 6.07) is 6.35. The highest BCUT2D eigenvalue weighted by molar-refractivity contribution is 5.86. The Hall–Kier alpha value is -4.40. The van der Waals surface area contributed by atoms with Gasteiger partial charge in [-0.2, -0.15) is 0 Å². The lowest BCUT2D eigenvalue weighted by molar-refractivity contribution is -0.156. The van der Waals surface area contributed by atoms with Crippen molar-refractivity contribution < 1.29 is 48.1 Å². The predicted octanol–water partition coefficient (Wildman–Crippen LogP) is 3.17. The molecule has 1 aromatic carbocycles. The van der Waals surface area contributed by atoms with Crippen LogP contribution in [0.4, 0.5) is 9.59 Å². The number of amides is 4. The third-order valence-corrected chi connectivity index (χ3v) is 8.59. The highest BCUT2D eigenvalue weighted by Crippen LogP contribution is 2.25. The van der Waals surface area contributed by atoms with Crippen LogP contribution in [0.2, 0.25) is 0 Å². The first-order valence-electron chi connectivity index (χ1n) is 17.2. The van der Waals surface area contributed by atoms with E-state index in [9.17, 15) is 33.9 Å². The molecular formula is C35H55N5O10. The van der Waals surface area contributed by atoms with Crippen LogP contribution in [0, 0.1) is 17.8 Å². The molecule has 1 aliphatic rings. The number of carboxylic acids is 1. The lowest BCUT2D eigenvalue weighted by atomic mass is 9.89. The Bertz CT molecular complexity index is 1260. The fraction of sp³-hybridized carbons (Fsp3) is 0.657. The molecule has 0 unspecified atom stereocenters. The van der Waals surface area contributed by atoms with E-state index in [1.165, 1.54) is 14.2 Å². The molecule has 1 aromatic rings. The summed E-state index contributed by atoms with van der Waals surface area (Å²) in [5.74, 6) is -3.49. The van der Waals surface area contributed by atoms with Crippen LogP contribution in [0.15, 0.2) is 30.3 Å². The van der Waals surface area contributed by atoms with Crippen LogP contribution in [0.5, 0.6) is 0 Å². The Labute approximate surface area is 294 Å². The second-order valence-corrected chi connectivity index (χ2v) is 13.3. The van der Waals surface area contributed by atoms with Gasteiger partial charge in [-0.3, -0.25) is 24.6 Å². The number of aliphatic carboxylic acids is 1. The maximum atomic E-state index is 13.8. The first-order chi connectivity index (χ1) is 23.7. The molecule has 0 saturated heterocycles. The minimum atomic E-state index is -1.18. The average molecular weight is 706 g/mol. The van der Waals surface area contributed by atoms with Crippen molar-refractivity contribution in [3.05, 3.63) is 35.9 Å². The summed E-state index contributed by atoms with van der Waals surface area (Å²) >= 11 is 0. The smallest absolute Gasteiger partial charge is 0.407 e. The second-order valence-electron chi connectivity index (χ2n) is 13.3. The molecule has 4 atom stereocenters. The highest BCUT2D eigenvalue weighted by Gasteiger charge is 2.35. The van der Waals surface area contributed by atoms with E-state index in [4.69, 9.17) is 14.2 Å². The lowest BCUT2D eigenvalue weighted by Gasteiger charge is -2.36. The predicted molar refractivity (Wildman–Crippen MR) is 183 cm³/mol. The van der Waals surface area contributed by atoms with E-state index in [0.717, 1.165) is 37.7 Å². The zero-order valence-corrected chi connectivity index (χ0v) is 30.1. The average Bonchev–Trinajstić information content (AvgIpc) is 3.08. The maximum absolute atomic E-state index is 13.8. The Morgan fingerprint density at radius 3 is 1.88 bits per heavy atom. The molecule has 50 heavy (non-hydrogen) atoms. The molecule has 5 N–H and O–H groups in total. The van der Waals surface area contributed by atoms with Gasteiger partial charge < -0.3 is 35.3 Å². The van der Waals surface area contributed by atoms with Gasteiger partial charge in [0.15, 0.2) is 0 Å². The van der Waals surface area contributed by atoms with Crippen molar-refractivity contribution in [2.24, 2.45) is 17.8 Å². The van der Waals surface area contributed by atoms with Crippen LogP contribution in [0.25, 0.3) is 0 Å². The third-order valence-electron chi connectivity index (χ3n) is 8.59. The van der Waals surface area contributed by atoms with Gasteiger partial charge in [0.25, 0.3) is 5.91 Å². The van der Waals surface area contributed by atoms with Gasteiger partial charge in [-0.15, -0.1) is 0 Å². The zero-order valence-electron chi connectivity index (χ0n) is 30.1. The number of rotatable bonds is 19. The summed E-state index contributed by atoms with van der Waals surface area (Å²) in [6.45, 7) is 7.37. The molecule has 0 aromatic heterocycles. The minimum absolute atomic E-state index is 0.0847. The number of esters is 1. The number of hydrazine groups is 1. The van der Waals surface area contributed by atoms with E-state index in [1.54, 1.807) is 32.7 Å². The standard InChI is InChI=1S/C35H55N5O10/c1-22(2)30(37-34(46)48-5)32(44)36-26(19-24-13-9-7-10-14-24)27(50-29(43)18-17-28(41)42)21-40(20-25-15-11-8-12-16-25)39-33(45)31(23(3)4)38-35(47)49-6/h7,9-10,13-14,22-23,25-27,30-31H,8,11-12,15-21H2,1-6H3,(H,36,44)(H,37,46)(H,38,47)(H,39,45)(H,41,42)/t26-,27-,30-,31-/m0/s1. The largest absolute Gasteiger partial charge is 0.481 e. The molecule has 0 aliphatic heterocycles. The topological polar surface area (TPSA) is 202 Å². The van der Waals surface area contributed by atoms with Gasteiger partial charge in [-0.1, -0.05) is 77.3 Å². The fourth-order valence-electron chi connectivity index (χ4n) is 5.83. The number of nitrogens with zero attached hydrogens (tertiary/aromatic N) is 1. The number of alkyl carbamates (subject to hydrolysis) is 2. The van der Waals surface area contributed by atoms with Gasteiger partial charge in [-0.25, -0.2) is 14.6 Å². The van der Waals surface area contributed by atoms with Crippen LogP contribution in [-0.4, -0.2) is 97.6 Å². The second kappa shape index (κ2) is 21.6. The monoisotopic (exact) mass is 705 g/mol. The van der Waals surface area contributed by atoms with Crippen molar-refractivity contribution >= 4 is 35.9 Å². The molecule has 0 spiro atoms. The zero-order chi connectivity index (χ0) is 37.2. The number of hydrogen-bond acceptors (Lipinski definition) is 10. The van der Waals surface area contributed by atoms with Crippen molar-refractivity contribution in [3.8, 4) is 0 Å². The normalized spacial score (nSPS) is 15.7. The SMILES string of the molecule is COC(=O)N[C@H](C(=O)N[C@@H](Cc1ccccc1)[C@H](CN(CC1CCCCC1)NC(=O)[C@@H](NC(=O)OC)C(C)C)OC(=O)CCC(=O)O)C(C)C. The molecule has 0 bridgehead atoms. The molecule has 280 valence electrons. The van der Waals surface area contributed by atoms with Crippen molar-refractivity contribution in [1.29, 1.82) is 0 Å². The Morgan fingerprint density at radius 1 is 0.800 bits per heavy atom. The Balaban J connectivity index is 2.56.